The first-order valence-electron chi connectivity index (χ1n) is 7.22. The highest BCUT2D eigenvalue weighted by atomic mass is 16.5. The van der Waals surface area contributed by atoms with E-state index >= 15 is 0 Å². The molecule has 0 atom stereocenters. The van der Waals surface area contributed by atoms with Gasteiger partial charge in [-0.3, -0.25) is 9.69 Å². The molecule has 102 valence electrons. The van der Waals surface area contributed by atoms with Crippen molar-refractivity contribution >= 4 is 5.78 Å². The number of hydrogen-bond acceptors (Lipinski definition) is 3. The van der Waals surface area contributed by atoms with Crippen molar-refractivity contribution in [3.8, 4) is 0 Å². The molecule has 1 aliphatic carbocycles. The fourth-order valence-corrected chi connectivity index (χ4v) is 2.62. The molecule has 3 rings (SSSR count). The Kier molecular flexibility index (Phi) is 3.95. The SMILES string of the molecule is O=C(Cc1ccccc1CN1CCOCC1)C1CC1. The maximum Gasteiger partial charge on any atom is 0.140 e. The van der Waals surface area contributed by atoms with E-state index in [1.807, 2.05) is 6.07 Å². The maximum atomic E-state index is 12.0. The van der Waals surface area contributed by atoms with Crippen LogP contribution in [-0.2, 0) is 22.5 Å². The molecule has 3 nitrogen and oxygen atoms in total. The molecule has 1 aromatic rings. The highest BCUT2D eigenvalue weighted by Gasteiger charge is 2.29. The molecule has 1 saturated carbocycles. The molecule has 0 aromatic heterocycles. The van der Waals surface area contributed by atoms with Gasteiger partial charge in [-0.05, 0) is 24.0 Å². The number of morpholine rings is 1. The summed E-state index contributed by atoms with van der Waals surface area (Å²) in [5.41, 5.74) is 2.52. The molecular formula is C16H21NO2. The fourth-order valence-electron chi connectivity index (χ4n) is 2.62. The first-order chi connectivity index (χ1) is 9.33. The van der Waals surface area contributed by atoms with E-state index in [-0.39, 0.29) is 0 Å². The summed E-state index contributed by atoms with van der Waals surface area (Å²) in [6.45, 7) is 4.57. The predicted molar refractivity (Wildman–Crippen MR) is 74.0 cm³/mol. The fraction of sp³-hybridized carbons (Fsp3) is 0.562. The summed E-state index contributed by atoms with van der Waals surface area (Å²) < 4.78 is 5.38. The highest BCUT2D eigenvalue weighted by Crippen LogP contribution is 2.31. The van der Waals surface area contributed by atoms with Crippen LogP contribution < -0.4 is 0 Å². The third-order valence-corrected chi connectivity index (χ3v) is 4.01. The summed E-state index contributed by atoms with van der Waals surface area (Å²) in [6, 6.07) is 8.38. The molecule has 0 bridgehead atoms. The van der Waals surface area contributed by atoms with Crippen LogP contribution in [0.5, 0.6) is 0 Å². The van der Waals surface area contributed by atoms with E-state index in [9.17, 15) is 4.79 Å². The molecule has 2 fully saturated rings. The van der Waals surface area contributed by atoms with Gasteiger partial charge in [-0.15, -0.1) is 0 Å². The zero-order valence-corrected chi connectivity index (χ0v) is 11.3. The second kappa shape index (κ2) is 5.85. The van der Waals surface area contributed by atoms with E-state index in [2.05, 4.69) is 23.1 Å². The molecule has 0 amide bonds. The Bertz CT molecular complexity index is 448. The molecule has 0 unspecified atom stereocenters. The normalized spacial score (nSPS) is 20.4. The van der Waals surface area contributed by atoms with Crippen LogP contribution in [-0.4, -0.2) is 37.0 Å². The topological polar surface area (TPSA) is 29.5 Å². The Hall–Kier alpha value is -1.19. The van der Waals surface area contributed by atoms with Crippen LogP contribution in [0.1, 0.15) is 24.0 Å². The van der Waals surface area contributed by atoms with Crippen LogP contribution in [0.25, 0.3) is 0 Å². The minimum Gasteiger partial charge on any atom is -0.379 e. The Morgan fingerprint density at radius 3 is 2.53 bits per heavy atom. The lowest BCUT2D eigenvalue weighted by Crippen LogP contribution is -2.35. The van der Waals surface area contributed by atoms with Crippen molar-refractivity contribution in [3.63, 3.8) is 0 Å². The Morgan fingerprint density at radius 2 is 1.84 bits per heavy atom. The zero-order valence-electron chi connectivity index (χ0n) is 11.3. The number of rotatable bonds is 5. The van der Waals surface area contributed by atoms with Gasteiger partial charge in [0.1, 0.15) is 5.78 Å². The smallest absolute Gasteiger partial charge is 0.140 e. The molecular weight excluding hydrogens is 238 g/mol. The van der Waals surface area contributed by atoms with Crippen LogP contribution in [0.4, 0.5) is 0 Å². The van der Waals surface area contributed by atoms with Crippen molar-refractivity contribution in [2.45, 2.75) is 25.8 Å². The van der Waals surface area contributed by atoms with Crippen molar-refractivity contribution < 1.29 is 9.53 Å². The van der Waals surface area contributed by atoms with Gasteiger partial charge < -0.3 is 4.74 Å². The number of carbonyl (C=O) groups excluding carboxylic acids is 1. The lowest BCUT2D eigenvalue weighted by atomic mass is 10.00. The molecule has 19 heavy (non-hydrogen) atoms. The second-order valence-electron chi connectivity index (χ2n) is 5.57. The lowest BCUT2D eigenvalue weighted by Gasteiger charge is -2.27. The number of carbonyl (C=O) groups is 1. The minimum absolute atomic E-state index is 0.358. The number of ketones is 1. The first-order valence-corrected chi connectivity index (χ1v) is 7.22. The van der Waals surface area contributed by atoms with E-state index in [0.29, 0.717) is 18.1 Å². The summed E-state index contributed by atoms with van der Waals surface area (Å²) in [6.07, 6.45) is 2.82. The second-order valence-corrected chi connectivity index (χ2v) is 5.57. The monoisotopic (exact) mass is 259 g/mol. The van der Waals surface area contributed by atoms with Crippen molar-refractivity contribution in [3.05, 3.63) is 35.4 Å². The van der Waals surface area contributed by atoms with E-state index in [0.717, 1.165) is 45.7 Å². The number of benzene rings is 1. The molecule has 0 spiro atoms. The molecule has 0 radical (unpaired) electrons. The van der Waals surface area contributed by atoms with Crippen LogP contribution in [0.15, 0.2) is 24.3 Å². The number of nitrogens with zero attached hydrogens (tertiary/aromatic N) is 1. The third kappa shape index (κ3) is 3.43. The van der Waals surface area contributed by atoms with Crippen LogP contribution in [0.3, 0.4) is 0 Å². The van der Waals surface area contributed by atoms with E-state index < -0.39 is 0 Å². The molecule has 1 heterocycles. The first kappa shape index (κ1) is 12.8. The van der Waals surface area contributed by atoms with Gasteiger partial charge in [0, 0.05) is 32.0 Å². The number of hydrogen-bond donors (Lipinski definition) is 0. The third-order valence-electron chi connectivity index (χ3n) is 4.01. The van der Waals surface area contributed by atoms with Gasteiger partial charge in [0.2, 0.25) is 0 Å². The van der Waals surface area contributed by atoms with Crippen LogP contribution >= 0.6 is 0 Å². The van der Waals surface area contributed by atoms with Gasteiger partial charge in [0.15, 0.2) is 0 Å². The Morgan fingerprint density at radius 1 is 1.16 bits per heavy atom. The van der Waals surface area contributed by atoms with Gasteiger partial charge in [-0.25, -0.2) is 0 Å². The van der Waals surface area contributed by atoms with E-state index in [1.54, 1.807) is 0 Å². The summed E-state index contributed by atoms with van der Waals surface area (Å²) in [5.74, 6) is 0.783. The largest absolute Gasteiger partial charge is 0.379 e. The molecule has 1 saturated heterocycles. The lowest BCUT2D eigenvalue weighted by molar-refractivity contribution is -0.119. The standard InChI is InChI=1S/C16H21NO2/c18-16(13-5-6-13)11-14-3-1-2-4-15(14)12-17-7-9-19-10-8-17/h1-4,13H,5-12H2. The van der Waals surface area contributed by atoms with Gasteiger partial charge >= 0.3 is 0 Å². The van der Waals surface area contributed by atoms with Crippen molar-refractivity contribution in [1.82, 2.24) is 4.90 Å². The van der Waals surface area contributed by atoms with Gasteiger partial charge in [0.25, 0.3) is 0 Å². The molecule has 3 heteroatoms. The number of ether oxygens (including phenoxy) is 1. The molecule has 2 aliphatic rings. The van der Waals surface area contributed by atoms with Crippen LogP contribution in [0.2, 0.25) is 0 Å². The molecule has 1 aromatic carbocycles. The summed E-state index contributed by atoms with van der Waals surface area (Å²) in [5, 5.41) is 0. The highest BCUT2D eigenvalue weighted by molar-refractivity contribution is 5.85. The quantitative estimate of drug-likeness (QED) is 0.810. The predicted octanol–water partition coefficient (Wildman–Crippen LogP) is 2.04. The molecule has 1 aliphatic heterocycles. The maximum absolute atomic E-state index is 12.0. The van der Waals surface area contributed by atoms with E-state index in [4.69, 9.17) is 4.74 Å². The van der Waals surface area contributed by atoms with Crippen LogP contribution in [0, 0.1) is 5.92 Å². The van der Waals surface area contributed by atoms with Gasteiger partial charge in [-0.1, -0.05) is 24.3 Å². The average molecular weight is 259 g/mol. The van der Waals surface area contributed by atoms with E-state index in [1.165, 1.54) is 11.1 Å². The summed E-state index contributed by atoms with van der Waals surface area (Å²) in [7, 11) is 0. The Labute approximate surface area is 114 Å². The number of Topliss-reactive ketones (excluding diaryl/α,β-unsaturated/α-hetero) is 1. The van der Waals surface area contributed by atoms with Gasteiger partial charge in [-0.2, -0.15) is 0 Å². The summed E-state index contributed by atoms with van der Waals surface area (Å²) >= 11 is 0. The minimum atomic E-state index is 0.358. The van der Waals surface area contributed by atoms with Crippen molar-refractivity contribution in [1.29, 1.82) is 0 Å². The average Bonchev–Trinajstić information content (AvgIpc) is 3.26. The summed E-state index contributed by atoms with van der Waals surface area (Å²) in [4.78, 5) is 14.4. The molecule has 0 N–H and O–H groups in total. The zero-order chi connectivity index (χ0) is 13.1. The van der Waals surface area contributed by atoms with Crippen molar-refractivity contribution in [2.24, 2.45) is 5.92 Å². The van der Waals surface area contributed by atoms with Gasteiger partial charge in [0.05, 0.1) is 13.2 Å². The van der Waals surface area contributed by atoms with Crippen molar-refractivity contribution in [2.75, 3.05) is 26.3 Å². The Balaban J connectivity index is 1.67.